The molecule has 2 amide bonds. The molecule has 4 fully saturated rings. The predicted octanol–water partition coefficient (Wildman–Crippen LogP) is 10.5. The Morgan fingerprint density at radius 1 is 0.662 bits per heavy atom. The van der Waals surface area contributed by atoms with Crippen molar-refractivity contribution in [2.45, 2.75) is 178 Å². The van der Waals surface area contributed by atoms with Gasteiger partial charge >= 0.3 is 12.2 Å². The van der Waals surface area contributed by atoms with Crippen molar-refractivity contribution in [1.82, 2.24) is 30.0 Å². The van der Waals surface area contributed by atoms with E-state index in [9.17, 15) is 26.4 Å². The predicted molar refractivity (Wildman–Crippen MR) is 309 cm³/mol. The van der Waals surface area contributed by atoms with Gasteiger partial charge in [-0.15, -0.1) is 22.7 Å². The third kappa shape index (κ3) is 16.9. The van der Waals surface area contributed by atoms with E-state index in [0.717, 1.165) is 90.0 Å². The van der Waals surface area contributed by atoms with Crippen LogP contribution < -0.4 is 31.1 Å². The van der Waals surface area contributed by atoms with E-state index in [2.05, 4.69) is 74.0 Å². The number of carbonyl (C=O) groups is 2. The number of ether oxygens (including phenoxy) is 4. The van der Waals surface area contributed by atoms with Crippen LogP contribution in [0.2, 0.25) is 0 Å². The van der Waals surface area contributed by atoms with Crippen LogP contribution in [0.3, 0.4) is 0 Å². The summed E-state index contributed by atoms with van der Waals surface area (Å²) in [5.41, 5.74) is 7.68. The lowest BCUT2D eigenvalue weighted by Crippen LogP contribution is -2.60. The summed E-state index contributed by atoms with van der Waals surface area (Å²) in [5.74, 6) is 1.48. The normalized spacial score (nSPS) is 20.9. The van der Waals surface area contributed by atoms with Crippen LogP contribution in [0.15, 0.2) is 63.1 Å². The molecule has 0 bridgehead atoms. The van der Waals surface area contributed by atoms with Gasteiger partial charge in [-0.1, -0.05) is 69.6 Å². The molecule has 0 atom stereocenters. The van der Waals surface area contributed by atoms with E-state index in [4.69, 9.17) is 29.7 Å². The summed E-state index contributed by atoms with van der Waals surface area (Å²) < 4.78 is 78.6. The lowest BCUT2D eigenvalue weighted by atomic mass is 9.84. The van der Waals surface area contributed by atoms with Crippen LogP contribution in [0.4, 0.5) is 15.3 Å². The Labute approximate surface area is 473 Å². The molecular formula is C54H81BrN8O10S4. The highest BCUT2D eigenvalue weighted by Gasteiger charge is 2.42. The van der Waals surface area contributed by atoms with Crippen LogP contribution in [-0.4, -0.2) is 114 Å². The molecule has 2 aromatic carbocycles. The minimum absolute atomic E-state index is 0. The topological polar surface area (TPSA) is 251 Å². The van der Waals surface area contributed by atoms with E-state index in [1.165, 1.54) is 11.3 Å². The Bertz CT molecular complexity index is 2800. The number of benzene rings is 2. The number of nitrogens with two attached hydrogens (primary N) is 1. The van der Waals surface area contributed by atoms with Gasteiger partial charge in [-0.05, 0) is 115 Å². The van der Waals surface area contributed by atoms with E-state index < -0.39 is 20.0 Å². The van der Waals surface area contributed by atoms with Crippen molar-refractivity contribution in [3.05, 3.63) is 63.3 Å². The number of thiazole rings is 2. The standard InChI is InChI=1S/C27H40N4O5S2.C21H28BrN3O4S2.C6H13NO/c1-6-29-38(33,34)24-13-21(31-27(17(2)3)15-35-16-27)11-12-22(24)23-14-28-25(37-23)19-7-9-20(10-8-19)30-26(32)36-18(4)5;1-4-24-31(27,28)19-11-15(22)7-10-17(19)18-12-23-20(30-18)14-5-8-16(9-6-14)25-21(26)29-13(2)3;1-5(2)6(7)3-8-4-6/h11-14,17-20,29,31H,6-10,15-16H2,1-5H3,(H,30,32);7,10-14,16,24H,4-6,8-9H2,1-3H3,(H,25,26);5H,3-4,7H2,1-2H3. The molecular weight excluding hydrogens is 1130 g/mol. The number of nitrogens with one attached hydrogen (secondary N) is 5. The molecule has 7 N–H and O–H groups in total. The first-order valence-electron chi connectivity index (χ1n) is 26.9. The second-order valence-electron chi connectivity index (χ2n) is 21.6. The maximum Gasteiger partial charge on any atom is 0.407 e. The molecule has 2 aromatic heterocycles. The average Bonchev–Trinajstić information content (AvgIpc) is 4.05. The maximum atomic E-state index is 13.2. The van der Waals surface area contributed by atoms with Crippen molar-refractivity contribution in [3.8, 4) is 20.9 Å². The molecule has 4 aromatic rings. The van der Waals surface area contributed by atoms with Crippen molar-refractivity contribution in [2.75, 3.05) is 44.8 Å². The van der Waals surface area contributed by atoms with Gasteiger partial charge in [-0.2, -0.15) is 0 Å². The number of rotatable bonds is 18. The second-order valence-corrected chi connectivity index (χ2v) is 28.1. The molecule has 77 heavy (non-hydrogen) atoms. The third-order valence-electron chi connectivity index (χ3n) is 14.3. The van der Waals surface area contributed by atoms with Crippen LogP contribution in [0.1, 0.15) is 142 Å². The Morgan fingerprint density at radius 3 is 1.44 bits per heavy atom. The van der Waals surface area contributed by atoms with Crippen molar-refractivity contribution < 1.29 is 45.4 Å². The first kappa shape index (κ1) is 62.4. The molecule has 4 aliphatic rings. The fourth-order valence-corrected chi connectivity index (χ4v) is 14.8. The highest BCUT2D eigenvalue weighted by molar-refractivity contribution is 9.10. The lowest BCUT2D eigenvalue weighted by Gasteiger charge is -2.46. The molecule has 2 saturated carbocycles. The Kier molecular flexibility index (Phi) is 22.4. The van der Waals surface area contributed by atoms with Gasteiger partial charge in [-0.25, -0.2) is 45.8 Å². The number of hydrogen-bond acceptors (Lipinski definition) is 16. The Morgan fingerprint density at radius 2 is 1.09 bits per heavy atom. The molecule has 0 radical (unpaired) electrons. The largest absolute Gasteiger partial charge is 0.447 e. The number of sulfonamides is 2. The molecule has 23 heteroatoms. The zero-order chi connectivity index (χ0) is 56.3. The molecule has 4 heterocycles. The van der Waals surface area contributed by atoms with Crippen LogP contribution >= 0.6 is 38.6 Å². The number of amides is 2. The summed E-state index contributed by atoms with van der Waals surface area (Å²) in [6.45, 7) is 22.7. The molecule has 8 rings (SSSR count). The minimum Gasteiger partial charge on any atom is -0.447 e. The van der Waals surface area contributed by atoms with E-state index >= 15 is 0 Å². The number of nitrogens with zero attached hydrogens (tertiary/aromatic N) is 2. The summed E-state index contributed by atoms with van der Waals surface area (Å²) in [7, 11) is -7.32. The van der Waals surface area contributed by atoms with Crippen molar-refractivity contribution in [1.29, 1.82) is 0 Å². The van der Waals surface area contributed by atoms with Gasteiger partial charge < -0.3 is 40.6 Å². The van der Waals surface area contributed by atoms with E-state index in [1.54, 1.807) is 49.7 Å². The molecule has 2 saturated heterocycles. The van der Waals surface area contributed by atoms with Gasteiger partial charge in [0.1, 0.15) is 0 Å². The zero-order valence-electron chi connectivity index (χ0n) is 46.2. The monoisotopic (exact) mass is 1210 g/mol. The quantitative estimate of drug-likeness (QED) is 0.0542. The van der Waals surface area contributed by atoms with Gasteiger partial charge in [0.25, 0.3) is 0 Å². The highest BCUT2D eigenvalue weighted by atomic mass is 79.9. The number of alkyl carbamates (subject to hydrolysis) is 2. The van der Waals surface area contributed by atoms with Crippen LogP contribution in [0, 0.1) is 11.8 Å². The molecule has 0 unspecified atom stereocenters. The van der Waals surface area contributed by atoms with Gasteiger partial charge in [0.15, 0.2) is 0 Å². The van der Waals surface area contributed by atoms with E-state index in [1.807, 2.05) is 52.0 Å². The van der Waals surface area contributed by atoms with Gasteiger partial charge in [-0.3, -0.25) is 0 Å². The summed E-state index contributed by atoms with van der Waals surface area (Å²) in [6, 6.07) is 11.0. The molecule has 428 valence electrons. The summed E-state index contributed by atoms with van der Waals surface area (Å²) in [6.07, 6.45) is 9.64. The fourth-order valence-electron chi connectivity index (χ4n) is 9.31. The van der Waals surface area contributed by atoms with Crippen LogP contribution in [0.5, 0.6) is 0 Å². The van der Waals surface area contributed by atoms with Gasteiger partial charge in [0.05, 0.1) is 79.3 Å². The molecule has 2 aliphatic heterocycles. The molecule has 18 nitrogen and oxygen atoms in total. The van der Waals surface area contributed by atoms with Gasteiger partial charge in [0.2, 0.25) is 20.0 Å². The number of halogens is 1. The van der Waals surface area contributed by atoms with Crippen molar-refractivity contribution in [3.63, 3.8) is 0 Å². The summed E-state index contributed by atoms with van der Waals surface area (Å²) in [5, 5.41) is 11.4. The number of carbonyl (C=O) groups excluding carboxylic acids is 2. The summed E-state index contributed by atoms with van der Waals surface area (Å²) >= 11 is 6.46. The van der Waals surface area contributed by atoms with E-state index in [0.29, 0.717) is 59.7 Å². The average molecular weight is 1210 g/mol. The maximum absolute atomic E-state index is 13.2. The minimum atomic E-state index is -3.71. The second kappa shape index (κ2) is 27.6. The van der Waals surface area contributed by atoms with Crippen LogP contribution in [-0.2, 0) is 39.0 Å². The third-order valence-corrected chi connectivity index (χ3v) is 20.4. The molecule has 0 spiro atoms. The summed E-state index contributed by atoms with van der Waals surface area (Å²) in [4.78, 5) is 35.2. The van der Waals surface area contributed by atoms with Gasteiger partial charge in [0, 0.05) is 70.7 Å². The first-order valence-corrected chi connectivity index (χ1v) is 32.3. The highest BCUT2D eigenvalue weighted by Crippen LogP contribution is 2.42. The Balaban J connectivity index is 0.000000221. The van der Waals surface area contributed by atoms with Crippen molar-refractivity contribution >= 4 is 76.5 Å². The number of hydrogen-bond donors (Lipinski definition) is 6. The van der Waals surface area contributed by atoms with Crippen LogP contribution in [0.25, 0.3) is 20.9 Å². The zero-order valence-corrected chi connectivity index (χ0v) is 51.1. The number of anilines is 1. The smallest absolute Gasteiger partial charge is 0.407 e. The molecule has 2 aliphatic carbocycles. The SMILES string of the molecule is CC(C)C1(N)COC1.CCNS(=O)(=O)c1cc(Br)ccc1-c1cnc(C2CCC(NC(=O)OC(C)C)CC2)s1.CCNS(=O)(=O)c1cc(NC2(C(C)C)COC2)ccc1-c1cnc(C2CCC(NC(=O)OC(C)C)CC2)s1. The fraction of sp³-hybridized carbons (Fsp3) is 0.630. The first-order chi connectivity index (χ1) is 36.4. The van der Waals surface area contributed by atoms with E-state index in [-0.39, 0.29) is 63.3 Å². The van der Waals surface area contributed by atoms with Crippen molar-refractivity contribution in [2.24, 2.45) is 17.6 Å². The lowest BCUT2D eigenvalue weighted by molar-refractivity contribution is -0.0759. The number of aromatic nitrogens is 2. The Hall–Kier alpha value is -3.78.